The molecule has 0 N–H and O–H groups in total. The maximum absolute atomic E-state index is 13.0. The van der Waals surface area contributed by atoms with Crippen molar-refractivity contribution in [3.63, 3.8) is 0 Å². The van der Waals surface area contributed by atoms with Gasteiger partial charge in [0.1, 0.15) is 26.7 Å². The topological polar surface area (TPSA) is 76.8 Å². The van der Waals surface area contributed by atoms with Crippen LogP contribution >= 0.6 is 23.1 Å². The van der Waals surface area contributed by atoms with Crippen molar-refractivity contribution in [3.8, 4) is 5.75 Å². The molecule has 9 heteroatoms. The van der Waals surface area contributed by atoms with Crippen molar-refractivity contribution in [1.82, 2.24) is 4.31 Å². The highest BCUT2D eigenvalue weighted by Crippen LogP contribution is 2.32. The van der Waals surface area contributed by atoms with Crippen molar-refractivity contribution in [2.75, 3.05) is 24.6 Å². The average Bonchev–Trinajstić information content (AvgIpc) is 3.40. The van der Waals surface area contributed by atoms with E-state index in [2.05, 4.69) is 0 Å². The second kappa shape index (κ2) is 7.73. The molecule has 0 radical (unpaired) electrons. The molecular weight excluding hydrogens is 442 g/mol. The molecule has 0 atom stereocenters. The Morgan fingerprint density at radius 2 is 1.77 bits per heavy atom. The fourth-order valence-electron chi connectivity index (χ4n) is 3.50. The standard InChI is InChI=1S/C21H17NO5S3/c23-21(20-19(7-10-29-20)30(24,25)22-8-11-28-12-9-22)26-14-5-6-18-16(13-14)15-3-1-2-4-17(15)27-18/h1-7,10,13H,8-9,11-12H2. The minimum Gasteiger partial charge on any atom is -0.456 e. The lowest BCUT2D eigenvalue weighted by Crippen LogP contribution is -2.38. The van der Waals surface area contributed by atoms with Crippen LogP contribution < -0.4 is 4.74 Å². The normalized spacial score (nSPS) is 15.6. The van der Waals surface area contributed by atoms with Gasteiger partial charge in [0, 0.05) is 35.4 Å². The summed E-state index contributed by atoms with van der Waals surface area (Å²) in [5, 5.41) is 3.36. The van der Waals surface area contributed by atoms with Gasteiger partial charge in [0.05, 0.1) is 0 Å². The van der Waals surface area contributed by atoms with Gasteiger partial charge in [-0.3, -0.25) is 0 Å². The Morgan fingerprint density at radius 3 is 2.60 bits per heavy atom. The smallest absolute Gasteiger partial charge is 0.355 e. The molecule has 2 aromatic heterocycles. The Hall–Kier alpha value is -2.33. The van der Waals surface area contributed by atoms with E-state index in [4.69, 9.17) is 9.15 Å². The number of rotatable bonds is 4. The quantitative estimate of drug-likeness (QED) is 0.328. The summed E-state index contributed by atoms with van der Waals surface area (Å²) in [5.74, 6) is 1.16. The highest BCUT2D eigenvalue weighted by molar-refractivity contribution is 7.99. The number of esters is 1. The van der Waals surface area contributed by atoms with E-state index < -0.39 is 16.0 Å². The lowest BCUT2D eigenvalue weighted by Gasteiger charge is -2.25. The lowest BCUT2D eigenvalue weighted by atomic mass is 10.1. The predicted molar refractivity (Wildman–Crippen MR) is 119 cm³/mol. The zero-order valence-corrected chi connectivity index (χ0v) is 18.2. The van der Waals surface area contributed by atoms with Crippen LogP contribution in [0.25, 0.3) is 21.9 Å². The molecule has 4 aromatic rings. The molecular formula is C21H17NO5S3. The Morgan fingerprint density at radius 1 is 1.00 bits per heavy atom. The van der Waals surface area contributed by atoms with Crippen molar-refractivity contribution in [2.24, 2.45) is 0 Å². The SMILES string of the molecule is O=C(Oc1ccc2oc3ccccc3c2c1)c1sccc1S(=O)(=O)N1CCSCC1. The summed E-state index contributed by atoms with van der Waals surface area (Å²) in [7, 11) is -3.73. The van der Waals surface area contributed by atoms with Crippen LogP contribution in [-0.2, 0) is 10.0 Å². The van der Waals surface area contributed by atoms with E-state index in [-0.39, 0.29) is 9.77 Å². The molecule has 0 aliphatic carbocycles. The summed E-state index contributed by atoms with van der Waals surface area (Å²) < 4.78 is 38.8. The van der Waals surface area contributed by atoms with Gasteiger partial charge in [-0.15, -0.1) is 11.3 Å². The van der Waals surface area contributed by atoms with E-state index in [0.29, 0.717) is 24.4 Å². The summed E-state index contributed by atoms with van der Waals surface area (Å²) >= 11 is 2.80. The number of furan rings is 1. The van der Waals surface area contributed by atoms with Gasteiger partial charge in [0.15, 0.2) is 0 Å². The van der Waals surface area contributed by atoms with Crippen LogP contribution in [0.2, 0.25) is 0 Å². The third-order valence-corrected chi connectivity index (χ3v) is 8.87. The predicted octanol–water partition coefficient (Wildman–Crippen LogP) is 4.60. The maximum atomic E-state index is 13.0. The number of sulfonamides is 1. The van der Waals surface area contributed by atoms with Gasteiger partial charge >= 0.3 is 5.97 Å². The minimum atomic E-state index is -3.73. The summed E-state index contributed by atoms with van der Waals surface area (Å²) in [6.07, 6.45) is 0. The first kappa shape index (κ1) is 19.6. The second-order valence-electron chi connectivity index (χ2n) is 6.78. The van der Waals surface area contributed by atoms with E-state index in [0.717, 1.165) is 39.2 Å². The van der Waals surface area contributed by atoms with Gasteiger partial charge in [-0.05, 0) is 35.7 Å². The first-order chi connectivity index (χ1) is 14.5. The molecule has 3 heterocycles. The third-order valence-electron chi connectivity index (χ3n) is 4.96. The zero-order chi connectivity index (χ0) is 20.7. The lowest BCUT2D eigenvalue weighted by molar-refractivity contribution is 0.0736. The number of hydrogen-bond donors (Lipinski definition) is 0. The van der Waals surface area contributed by atoms with Crippen LogP contribution in [0.3, 0.4) is 0 Å². The molecule has 1 fully saturated rings. The largest absolute Gasteiger partial charge is 0.456 e. The van der Waals surface area contributed by atoms with Gasteiger partial charge in [0.25, 0.3) is 0 Å². The van der Waals surface area contributed by atoms with E-state index in [9.17, 15) is 13.2 Å². The van der Waals surface area contributed by atoms with Crippen LogP contribution in [0.15, 0.2) is 63.2 Å². The summed E-state index contributed by atoms with van der Waals surface area (Å²) in [6, 6.07) is 14.2. The number of carbonyl (C=O) groups excluding carboxylic acids is 1. The van der Waals surface area contributed by atoms with Crippen molar-refractivity contribution in [1.29, 1.82) is 0 Å². The number of ether oxygens (including phenoxy) is 1. The van der Waals surface area contributed by atoms with Crippen LogP contribution in [0.5, 0.6) is 5.75 Å². The van der Waals surface area contributed by atoms with E-state index >= 15 is 0 Å². The maximum Gasteiger partial charge on any atom is 0.355 e. The van der Waals surface area contributed by atoms with Crippen molar-refractivity contribution >= 4 is 61.0 Å². The second-order valence-corrected chi connectivity index (χ2v) is 10.8. The van der Waals surface area contributed by atoms with E-state index in [1.807, 2.05) is 24.3 Å². The molecule has 0 spiro atoms. The molecule has 0 amide bonds. The fraction of sp³-hybridized carbons (Fsp3) is 0.190. The Labute approximate surface area is 181 Å². The van der Waals surface area contributed by atoms with E-state index in [1.54, 1.807) is 35.3 Å². The van der Waals surface area contributed by atoms with Crippen LogP contribution in [0, 0.1) is 0 Å². The highest BCUT2D eigenvalue weighted by Gasteiger charge is 2.32. The average molecular weight is 460 g/mol. The molecule has 1 saturated heterocycles. The van der Waals surface area contributed by atoms with Gasteiger partial charge in [0.2, 0.25) is 10.0 Å². The summed E-state index contributed by atoms with van der Waals surface area (Å²) in [6.45, 7) is 0.892. The molecule has 0 saturated carbocycles. The molecule has 0 unspecified atom stereocenters. The van der Waals surface area contributed by atoms with Crippen molar-refractivity contribution in [3.05, 3.63) is 58.8 Å². The van der Waals surface area contributed by atoms with E-state index in [1.165, 1.54) is 10.4 Å². The molecule has 6 nitrogen and oxygen atoms in total. The number of fused-ring (bicyclic) bond motifs is 3. The number of para-hydroxylation sites is 1. The monoisotopic (exact) mass is 459 g/mol. The van der Waals surface area contributed by atoms with Gasteiger partial charge in [-0.1, -0.05) is 18.2 Å². The fourth-order valence-corrected chi connectivity index (χ4v) is 7.34. The molecule has 5 rings (SSSR count). The Balaban J connectivity index is 1.45. The van der Waals surface area contributed by atoms with Gasteiger partial charge < -0.3 is 9.15 Å². The Kier molecular flexibility index (Phi) is 5.06. The molecule has 0 bridgehead atoms. The van der Waals surface area contributed by atoms with Crippen LogP contribution in [-0.4, -0.2) is 43.3 Å². The van der Waals surface area contributed by atoms with Gasteiger partial charge in [-0.25, -0.2) is 13.2 Å². The summed E-state index contributed by atoms with van der Waals surface area (Å²) in [5.41, 5.74) is 1.45. The first-order valence-corrected chi connectivity index (χ1v) is 12.8. The van der Waals surface area contributed by atoms with Crippen molar-refractivity contribution < 1.29 is 22.4 Å². The van der Waals surface area contributed by atoms with Gasteiger partial charge in [-0.2, -0.15) is 16.1 Å². The van der Waals surface area contributed by atoms with Crippen LogP contribution in [0.1, 0.15) is 9.67 Å². The zero-order valence-electron chi connectivity index (χ0n) is 15.7. The number of carbonyl (C=O) groups is 1. The number of nitrogens with zero attached hydrogens (tertiary/aromatic N) is 1. The van der Waals surface area contributed by atoms with Crippen LogP contribution in [0.4, 0.5) is 0 Å². The third kappa shape index (κ3) is 3.41. The highest BCUT2D eigenvalue weighted by atomic mass is 32.2. The molecule has 1 aliphatic rings. The Bertz CT molecular complexity index is 1350. The molecule has 1 aliphatic heterocycles. The number of thioether (sulfide) groups is 1. The number of hydrogen-bond acceptors (Lipinski definition) is 7. The number of thiophene rings is 1. The summed E-state index contributed by atoms with van der Waals surface area (Å²) in [4.78, 5) is 12.9. The number of benzene rings is 2. The first-order valence-electron chi connectivity index (χ1n) is 9.33. The molecule has 2 aromatic carbocycles. The molecule has 154 valence electrons. The van der Waals surface area contributed by atoms with Crippen molar-refractivity contribution in [2.45, 2.75) is 4.90 Å². The minimum absolute atomic E-state index is 0.0132. The molecule has 30 heavy (non-hydrogen) atoms.